The van der Waals surface area contributed by atoms with Crippen molar-refractivity contribution >= 4 is 34.4 Å². The average molecular weight is 492 g/mol. The summed E-state index contributed by atoms with van der Waals surface area (Å²) < 4.78 is 43.1. The molecule has 2 N–H and O–H groups in total. The number of carbonyl (C=O) groups excluding carboxylic acids is 3. The summed E-state index contributed by atoms with van der Waals surface area (Å²) in [6, 6.07) is -1.19. The van der Waals surface area contributed by atoms with Crippen LogP contribution < -0.4 is 10.6 Å². The van der Waals surface area contributed by atoms with Crippen molar-refractivity contribution in [2.45, 2.75) is 71.3 Å². The first kappa shape index (κ1) is 26.6. The van der Waals surface area contributed by atoms with E-state index >= 15 is 0 Å². The zero-order valence-electron chi connectivity index (χ0n) is 19.0. The molecule has 1 saturated heterocycles. The zero-order valence-corrected chi connectivity index (χ0v) is 19.8. The van der Waals surface area contributed by atoms with E-state index in [0.29, 0.717) is 19.4 Å². The number of nitrogens with one attached hydrogen (secondary N) is 2. The number of halogens is 3. The van der Waals surface area contributed by atoms with Crippen molar-refractivity contribution in [2.75, 3.05) is 11.9 Å². The lowest BCUT2D eigenvalue weighted by Crippen LogP contribution is -2.60. The Morgan fingerprint density at radius 2 is 1.91 bits per heavy atom. The molecule has 2 atom stereocenters. The molecule has 33 heavy (non-hydrogen) atoms. The molecule has 0 bridgehead atoms. The monoisotopic (exact) mass is 491 g/mol. The predicted molar refractivity (Wildman–Crippen MR) is 115 cm³/mol. The first-order valence-electron chi connectivity index (χ1n) is 10.4. The molecule has 1 fully saturated rings. The molecule has 2 rings (SSSR count). The minimum atomic E-state index is -4.64. The average Bonchev–Trinajstić information content (AvgIpc) is 3.05. The highest BCUT2D eigenvalue weighted by atomic mass is 32.1. The number of rotatable bonds is 7. The summed E-state index contributed by atoms with van der Waals surface area (Å²) in [6.07, 6.45) is -1.64. The summed E-state index contributed by atoms with van der Waals surface area (Å²) in [4.78, 5) is 38.4. The van der Waals surface area contributed by atoms with Crippen LogP contribution in [-0.4, -0.2) is 57.2 Å². The molecule has 13 heteroatoms. The van der Waals surface area contributed by atoms with Crippen LogP contribution in [0.5, 0.6) is 0 Å². The van der Waals surface area contributed by atoms with Gasteiger partial charge in [-0.05, 0) is 39.5 Å². The van der Waals surface area contributed by atoms with E-state index in [-0.39, 0.29) is 28.3 Å². The van der Waals surface area contributed by atoms with Gasteiger partial charge in [0.2, 0.25) is 22.0 Å². The van der Waals surface area contributed by atoms with Gasteiger partial charge in [0.1, 0.15) is 11.6 Å². The Morgan fingerprint density at radius 3 is 2.39 bits per heavy atom. The van der Waals surface area contributed by atoms with Crippen LogP contribution in [0.3, 0.4) is 0 Å². The van der Waals surface area contributed by atoms with Gasteiger partial charge >= 0.3 is 12.3 Å². The number of amides is 3. The molecule has 3 amide bonds. The third kappa shape index (κ3) is 8.30. The van der Waals surface area contributed by atoms with E-state index in [1.807, 2.05) is 13.8 Å². The molecule has 0 unspecified atom stereocenters. The van der Waals surface area contributed by atoms with E-state index in [1.54, 1.807) is 20.8 Å². The van der Waals surface area contributed by atoms with Crippen molar-refractivity contribution in [3.8, 4) is 0 Å². The standard InChI is InChI=1S/C20H28F3N5O4S/c1-11(2)10-12(6-7-14(29)25-17-27-26-16(33-17)20(21,22)23)24-15(30)13-8-9-28(13)18(31)32-19(3,4)5/h6-7,11-13H,8-10H2,1-5H3,(H,24,30)(H,25,27,29)/t12-,13+/m1/s1. The van der Waals surface area contributed by atoms with E-state index in [4.69, 9.17) is 4.74 Å². The molecule has 184 valence electrons. The quantitative estimate of drug-likeness (QED) is 0.564. The van der Waals surface area contributed by atoms with Gasteiger partial charge in [0.05, 0.1) is 0 Å². The van der Waals surface area contributed by atoms with E-state index in [0.717, 1.165) is 6.08 Å². The second kappa shape index (κ2) is 10.5. The molecule has 9 nitrogen and oxygen atoms in total. The van der Waals surface area contributed by atoms with Gasteiger partial charge in [-0.15, -0.1) is 10.2 Å². The van der Waals surface area contributed by atoms with Crippen molar-refractivity contribution in [1.29, 1.82) is 0 Å². The SMILES string of the molecule is CC(C)C[C@@H](C=CC(=O)Nc1nnc(C(F)(F)F)s1)NC(=O)[C@@H]1CCN1C(=O)OC(C)(C)C. The Morgan fingerprint density at radius 1 is 1.24 bits per heavy atom. The van der Waals surface area contributed by atoms with Crippen molar-refractivity contribution < 1.29 is 32.3 Å². The van der Waals surface area contributed by atoms with Crippen LogP contribution in [0.15, 0.2) is 12.2 Å². The van der Waals surface area contributed by atoms with Gasteiger partial charge in [-0.1, -0.05) is 31.3 Å². The normalized spacial score (nSPS) is 17.6. The smallest absolute Gasteiger partial charge is 0.444 e. The Labute approximate surface area is 193 Å². The summed E-state index contributed by atoms with van der Waals surface area (Å²) in [7, 11) is 0. The third-order valence-corrected chi connectivity index (χ3v) is 5.26. The zero-order chi connectivity index (χ0) is 25.0. The summed E-state index contributed by atoms with van der Waals surface area (Å²) in [5.41, 5.74) is -0.683. The highest BCUT2D eigenvalue weighted by Crippen LogP contribution is 2.33. The number of anilines is 1. The van der Waals surface area contributed by atoms with Gasteiger partial charge in [0.15, 0.2) is 0 Å². The number of likely N-dealkylation sites (tertiary alicyclic amines) is 1. The molecule has 2 heterocycles. The number of hydrogen-bond donors (Lipinski definition) is 2. The second-order valence-corrected chi connectivity index (χ2v) is 9.96. The lowest BCUT2D eigenvalue weighted by molar-refractivity contribution is -0.138. The Kier molecular flexibility index (Phi) is 8.44. The van der Waals surface area contributed by atoms with E-state index in [9.17, 15) is 27.6 Å². The van der Waals surface area contributed by atoms with Crippen LogP contribution in [0.4, 0.5) is 23.1 Å². The van der Waals surface area contributed by atoms with Crippen LogP contribution in [0.25, 0.3) is 0 Å². The number of carbonyl (C=O) groups is 3. The van der Waals surface area contributed by atoms with Crippen molar-refractivity contribution in [3.63, 3.8) is 0 Å². The van der Waals surface area contributed by atoms with Crippen LogP contribution >= 0.6 is 11.3 Å². The minimum absolute atomic E-state index is 0.170. The van der Waals surface area contributed by atoms with E-state index in [1.165, 1.54) is 11.0 Å². The first-order valence-corrected chi connectivity index (χ1v) is 11.2. The molecule has 0 radical (unpaired) electrons. The Bertz CT molecular complexity index is 895. The fraction of sp³-hybridized carbons (Fsp3) is 0.650. The van der Waals surface area contributed by atoms with Crippen LogP contribution in [0.1, 0.15) is 52.5 Å². The maximum Gasteiger partial charge on any atom is 0.445 e. The van der Waals surface area contributed by atoms with E-state index in [2.05, 4.69) is 20.8 Å². The molecule has 1 aliphatic rings. The summed E-state index contributed by atoms with van der Waals surface area (Å²) in [6.45, 7) is 9.48. The minimum Gasteiger partial charge on any atom is -0.444 e. The van der Waals surface area contributed by atoms with Crippen molar-refractivity contribution in [3.05, 3.63) is 17.2 Å². The molecule has 0 spiro atoms. The molecular formula is C20H28F3N5O4S. The number of ether oxygens (including phenoxy) is 1. The summed E-state index contributed by atoms with van der Waals surface area (Å²) >= 11 is 0.213. The lowest BCUT2D eigenvalue weighted by Gasteiger charge is -2.40. The Balaban J connectivity index is 1.97. The lowest BCUT2D eigenvalue weighted by atomic mass is 10.00. The molecule has 1 aromatic heterocycles. The molecule has 1 aromatic rings. The highest BCUT2D eigenvalue weighted by Gasteiger charge is 2.40. The van der Waals surface area contributed by atoms with Crippen molar-refractivity contribution in [1.82, 2.24) is 20.4 Å². The second-order valence-electron chi connectivity index (χ2n) is 8.98. The molecule has 0 aromatic carbocycles. The van der Waals surface area contributed by atoms with Crippen molar-refractivity contribution in [2.24, 2.45) is 5.92 Å². The molecule has 0 aliphatic carbocycles. The fourth-order valence-corrected chi connectivity index (χ4v) is 3.52. The summed E-state index contributed by atoms with van der Waals surface area (Å²) in [5.74, 6) is -0.910. The molecule has 0 saturated carbocycles. The Hall–Kier alpha value is -2.70. The number of nitrogens with zero attached hydrogens (tertiary/aromatic N) is 3. The fourth-order valence-electron chi connectivity index (χ4n) is 2.91. The molecular weight excluding hydrogens is 463 g/mol. The van der Waals surface area contributed by atoms with Gasteiger partial charge in [-0.3, -0.25) is 19.8 Å². The summed E-state index contributed by atoms with van der Waals surface area (Å²) in [5, 5.41) is 9.88. The number of alkyl halides is 3. The number of aromatic nitrogens is 2. The third-order valence-electron chi connectivity index (χ3n) is 4.38. The molecule has 1 aliphatic heterocycles. The first-order chi connectivity index (χ1) is 15.2. The van der Waals surface area contributed by atoms with E-state index < -0.39 is 40.9 Å². The van der Waals surface area contributed by atoms with Gasteiger partial charge in [0.25, 0.3) is 0 Å². The predicted octanol–water partition coefficient (Wildman–Crippen LogP) is 3.59. The van der Waals surface area contributed by atoms with Gasteiger partial charge in [-0.25, -0.2) is 4.79 Å². The largest absolute Gasteiger partial charge is 0.445 e. The van der Waals surface area contributed by atoms with Crippen LogP contribution in [-0.2, 0) is 20.5 Å². The van der Waals surface area contributed by atoms with Gasteiger partial charge < -0.3 is 10.1 Å². The van der Waals surface area contributed by atoms with Crippen LogP contribution in [0, 0.1) is 5.92 Å². The maximum absolute atomic E-state index is 12.7. The van der Waals surface area contributed by atoms with Gasteiger partial charge in [-0.2, -0.15) is 13.2 Å². The maximum atomic E-state index is 12.7. The van der Waals surface area contributed by atoms with Crippen LogP contribution in [0.2, 0.25) is 0 Å². The van der Waals surface area contributed by atoms with Gasteiger partial charge in [0, 0.05) is 18.7 Å². The number of hydrogen-bond acceptors (Lipinski definition) is 7. The topological polar surface area (TPSA) is 114 Å². The highest BCUT2D eigenvalue weighted by molar-refractivity contribution is 7.15.